The lowest BCUT2D eigenvalue weighted by Gasteiger charge is -2.36. The van der Waals surface area contributed by atoms with E-state index in [1.165, 1.54) is 31.4 Å². The van der Waals surface area contributed by atoms with Gasteiger partial charge in [-0.3, -0.25) is 4.90 Å². The van der Waals surface area contributed by atoms with Crippen LogP contribution in [0.15, 0.2) is 42.7 Å². The minimum atomic E-state index is 0.567. The van der Waals surface area contributed by atoms with E-state index in [-0.39, 0.29) is 0 Å². The number of likely N-dealkylation sites (tertiary alicyclic amines) is 1. The molecule has 1 aliphatic heterocycles. The van der Waals surface area contributed by atoms with Crippen LogP contribution in [0.3, 0.4) is 0 Å². The fourth-order valence-electron chi connectivity index (χ4n) is 3.17. The number of rotatable bonds is 6. The fraction of sp³-hybridized carbons (Fsp3) is 0.444. The normalized spacial score (nSPS) is 18.7. The molecule has 1 atom stereocenters. The predicted octanol–water partition coefficient (Wildman–Crippen LogP) is 3.99. The van der Waals surface area contributed by atoms with Crippen LogP contribution in [0.25, 0.3) is 0 Å². The predicted molar refractivity (Wildman–Crippen MR) is 94.6 cm³/mol. The molecule has 1 unspecified atom stereocenters. The Morgan fingerprint density at radius 3 is 2.70 bits per heavy atom. The minimum absolute atomic E-state index is 0.567. The van der Waals surface area contributed by atoms with Gasteiger partial charge >= 0.3 is 0 Å². The van der Waals surface area contributed by atoms with E-state index in [2.05, 4.69) is 50.5 Å². The Hall–Kier alpha value is -1.65. The van der Waals surface area contributed by atoms with Crippen molar-refractivity contribution in [3.63, 3.8) is 0 Å². The van der Waals surface area contributed by atoms with Crippen molar-refractivity contribution in [1.29, 1.82) is 0 Å². The van der Waals surface area contributed by atoms with Gasteiger partial charge in [0.1, 0.15) is 0 Å². The Morgan fingerprint density at radius 1 is 1.13 bits per heavy atom. The van der Waals surface area contributed by atoms with Gasteiger partial charge in [0, 0.05) is 19.1 Å². The van der Waals surface area contributed by atoms with Crippen LogP contribution in [0.2, 0.25) is 5.02 Å². The Labute approximate surface area is 142 Å². The molecule has 0 amide bonds. The molecular formula is C18H23ClN4. The number of aromatic nitrogens is 2. The molecule has 1 aromatic carbocycles. The molecule has 0 radical (unpaired) electrons. The van der Waals surface area contributed by atoms with Gasteiger partial charge in [0.25, 0.3) is 0 Å². The fourth-order valence-corrected chi connectivity index (χ4v) is 3.26. The summed E-state index contributed by atoms with van der Waals surface area (Å²) >= 11 is 5.80. The standard InChI is InChI=1S/C18H23ClN4/c19-16-12-21-18(22-13-16)20-10-9-17-8-4-5-11-23(17)14-15-6-2-1-3-7-15/h1-3,6-7,12-13,17H,4-5,8-11,14H2,(H,20,21,22). The quantitative estimate of drug-likeness (QED) is 0.869. The molecule has 5 heteroatoms. The molecule has 0 saturated carbocycles. The lowest BCUT2D eigenvalue weighted by Crippen LogP contribution is -2.40. The van der Waals surface area contributed by atoms with Crippen LogP contribution < -0.4 is 5.32 Å². The number of anilines is 1. The smallest absolute Gasteiger partial charge is 0.222 e. The maximum Gasteiger partial charge on any atom is 0.222 e. The third-order valence-corrected chi connectivity index (χ3v) is 4.55. The summed E-state index contributed by atoms with van der Waals surface area (Å²) in [5, 5.41) is 3.86. The molecule has 0 aliphatic carbocycles. The molecule has 1 fully saturated rings. The minimum Gasteiger partial charge on any atom is -0.354 e. The van der Waals surface area contributed by atoms with Gasteiger partial charge in [0.2, 0.25) is 5.95 Å². The van der Waals surface area contributed by atoms with Crippen molar-refractivity contribution in [2.24, 2.45) is 0 Å². The highest BCUT2D eigenvalue weighted by Gasteiger charge is 2.21. The molecule has 1 saturated heterocycles. The summed E-state index contributed by atoms with van der Waals surface area (Å²) < 4.78 is 0. The molecule has 0 bridgehead atoms. The highest BCUT2D eigenvalue weighted by molar-refractivity contribution is 6.30. The van der Waals surface area contributed by atoms with Crippen molar-refractivity contribution in [3.05, 3.63) is 53.3 Å². The van der Waals surface area contributed by atoms with Crippen molar-refractivity contribution in [2.75, 3.05) is 18.4 Å². The average Bonchev–Trinajstić information content (AvgIpc) is 2.59. The highest BCUT2D eigenvalue weighted by atomic mass is 35.5. The van der Waals surface area contributed by atoms with Crippen LogP contribution in [0.1, 0.15) is 31.2 Å². The second kappa shape index (κ2) is 8.27. The van der Waals surface area contributed by atoms with Gasteiger partial charge in [-0.2, -0.15) is 0 Å². The van der Waals surface area contributed by atoms with Crippen LogP contribution in [0.5, 0.6) is 0 Å². The first kappa shape index (κ1) is 16.2. The largest absolute Gasteiger partial charge is 0.354 e. The molecule has 0 spiro atoms. The van der Waals surface area contributed by atoms with Gasteiger partial charge in [-0.05, 0) is 31.4 Å². The maximum atomic E-state index is 5.80. The van der Waals surface area contributed by atoms with E-state index in [0.717, 1.165) is 19.5 Å². The van der Waals surface area contributed by atoms with E-state index in [1.807, 2.05) is 0 Å². The van der Waals surface area contributed by atoms with Crippen molar-refractivity contribution in [3.8, 4) is 0 Å². The zero-order valence-corrected chi connectivity index (χ0v) is 14.0. The molecule has 3 rings (SSSR count). The number of hydrogen-bond acceptors (Lipinski definition) is 4. The number of benzene rings is 1. The van der Waals surface area contributed by atoms with Crippen molar-refractivity contribution < 1.29 is 0 Å². The van der Waals surface area contributed by atoms with Gasteiger partial charge in [0.05, 0.1) is 17.4 Å². The molecule has 122 valence electrons. The third-order valence-electron chi connectivity index (χ3n) is 4.36. The highest BCUT2D eigenvalue weighted by Crippen LogP contribution is 2.22. The van der Waals surface area contributed by atoms with Crippen LogP contribution in [0, 0.1) is 0 Å². The summed E-state index contributed by atoms with van der Waals surface area (Å²) in [6, 6.07) is 11.4. The number of nitrogens with one attached hydrogen (secondary N) is 1. The van der Waals surface area contributed by atoms with Gasteiger partial charge in [-0.25, -0.2) is 9.97 Å². The zero-order chi connectivity index (χ0) is 15.9. The Bertz CT molecular complexity index is 588. The van der Waals surface area contributed by atoms with Crippen LogP contribution in [-0.2, 0) is 6.54 Å². The Kier molecular flexibility index (Phi) is 5.83. The van der Waals surface area contributed by atoms with E-state index < -0.39 is 0 Å². The van der Waals surface area contributed by atoms with E-state index in [9.17, 15) is 0 Å². The summed E-state index contributed by atoms with van der Waals surface area (Å²) in [7, 11) is 0. The second-order valence-electron chi connectivity index (χ2n) is 6.05. The monoisotopic (exact) mass is 330 g/mol. The van der Waals surface area contributed by atoms with Crippen LogP contribution >= 0.6 is 11.6 Å². The summed E-state index contributed by atoms with van der Waals surface area (Å²) in [6.45, 7) is 3.12. The van der Waals surface area contributed by atoms with Crippen LogP contribution in [0.4, 0.5) is 5.95 Å². The lowest BCUT2D eigenvalue weighted by molar-refractivity contribution is 0.135. The SMILES string of the molecule is Clc1cnc(NCCC2CCCCN2Cc2ccccc2)nc1. The van der Waals surface area contributed by atoms with Gasteiger partial charge in [-0.1, -0.05) is 48.4 Å². The molecule has 1 aliphatic rings. The summed E-state index contributed by atoms with van der Waals surface area (Å²) in [4.78, 5) is 11.0. The number of piperidine rings is 1. The first-order valence-corrected chi connectivity index (χ1v) is 8.68. The van der Waals surface area contributed by atoms with E-state index >= 15 is 0 Å². The molecule has 23 heavy (non-hydrogen) atoms. The molecule has 2 heterocycles. The maximum absolute atomic E-state index is 5.80. The van der Waals surface area contributed by atoms with Gasteiger partial charge < -0.3 is 5.32 Å². The second-order valence-corrected chi connectivity index (χ2v) is 6.48. The summed E-state index contributed by atoms with van der Waals surface area (Å²) in [5.74, 6) is 0.653. The van der Waals surface area contributed by atoms with E-state index in [0.29, 0.717) is 17.0 Å². The molecule has 2 aromatic rings. The topological polar surface area (TPSA) is 41.1 Å². The Balaban J connectivity index is 1.51. The number of hydrogen-bond donors (Lipinski definition) is 1. The molecule has 1 aromatic heterocycles. The van der Waals surface area contributed by atoms with E-state index in [1.54, 1.807) is 12.4 Å². The lowest BCUT2D eigenvalue weighted by atomic mass is 9.98. The van der Waals surface area contributed by atoms with Gasteiger partial charge in [-0.15, -0.1) is 0 Å². The third kappa shape index (κ3) is 4.91. The van der Waals surface area contributed by atoms with Gasteiger partial charge in [0.15, 0.2) is 0 Å². The van der Waals surface area contributed by atoms with Crippen molar-refractivity contribution in [1.82, 2.24) is 14.9 Å². The van der Waals surface area contributed by atoms with Crippen molar-refractivity contribution in [2.45, 2.75) is 38.3 Å². The molecule has 4 nitrogen and oxygen atoms in total. The van der Waals surface area contributed by atoms with Crippen molar-refractivity contribution >= 4 is 17.5 Å². The Morgan fingerprint density at radius 2 is 1.91 bits per heavy atom. The number of nitrogens with zero attached hydrogens (tertiary/aromatic N) is 3. The zero-order valence-electron chi connectivity index (χ0n) is 13.3. The number of halogens is 1. The average molecular weight is 331 g/mol. The molecular weight excluding hydrogens is 308 g/mol. The first-order valence-electron chi connectivity index (χ1n) is 8.30. The summed E-state index contributed by atoms with van der Waals surface area (Å²) in [6.07, 6.45) is 8.26. The molecule has 1 N–H and O–H groups in total. The first-order chi connectivity index (χ1) is 11.3. The van der Waals surface area contributed by atoms with Crippen LogP contribution in [-0.4, -0.2) is 34.0 Å². The summed E-state index contributed by atoms with van der Waals surface area (Å²) in [5.41, 5.74) is 1.40. The van der Waals surface area contributed by atoms with E-state index in [4.69, 9.17) is 11.6 Å².